The van der Waals surface area contributed by atoms with E-state index in [-0.39, 0.29) is 12.2 Å². The number of rotatable bonds is 2. The van der Waals surface area contributed by atoms with Crippen molar-refractivity contribution in [2.45, 2.75) is 6.54 Å². The molecule has 1 aromatic rings. The number of carboxylic acid groups (broad SMARTS) is 1. The summed E-state index contributed by atoms with van der Waals surface area (Å²) in [5.74, 6) is -1.09. The standard InChI is InChI=1S/C6H7N3O2/c7-1-4-2-8-3-5(9-4)6(10)11/h2-3H,1,7H2,(H,10,11). The number of nitrogens with two attached hydrogens (primary N) is 1. The van der Waals surface area contributed by atoms with E-state index in [1.807, 2.05) is 0 Å². The summed E-state index contributed by atoms with van der Waals surface area (Å²) >= 11 is 0. The first-order chi connectivity index (χ1) is 5.24. The molecule has 1 rings (SSSR count). The highest BCUT2D eigenvalue weighted by Gasteiger charge is 2.04. The molecule has 1 heterocycles. The quantitative estimate of drug-likeness (QED) is 0.605. The maximum absolute atomic E-state index is 10.3. The molecule has 0 unspecified atom stereocenters. The third kappa shape index (κ3) is 1.71. The Morgan fingerprint density at radius 3 is 2.91 bits per heavy atom. The van der Waals surface area contributed by atoms with Crippen LogP contribution in [0.4, 0.5) is 0 Å². The Balaban J connectivity index is 3.01. The lowest BCUT2D eigenvalue weighted by Crippen LogP contribution is -2.06. The number of nitrogens with zero attached hydrogens (tertiary/aromatic N) is 2. The SMILES string of the molecule is NCc1cncc(C(=O)O)n1. The topological polar surface area (TPSA) is 89.1 Å². The molecule has 11 heavy (non-hydrogen) atoms. The highest BCUT2D eigenvalue weighted by molar-refractivity contribution is 5.84. The highest BCUT2D eigenvalue weighted by Crippen LogP contribution is 1.94. The summed E-state index contributed by atoms with van der Waals surface area (Å²) in [5, 5.41) is 8.46. The van der Waals surface area contributed by atoms with Gasteiger partial charge in [0, 0.05) is 12.7 Å². The van der Waals surface area contributed by atoms with Crippen molar-refractivity contribution >= 4 is 5.97 Å². The Morgan fingerprint density at radius 1 is 1.64 bits per heavy atom. The predicted octanol–water partition coefficient (Wildman–Crippen LogP) is -0.367. The first kappa shape index (κ1) is 7.62. The summed E-state index contributed by atoms with van der Waals surface area (Å²) in [6, 6.07) is 0. The summed E-state index contributed by atoms with van der Waals surface area (Å²) in [5.41, 5.74) is 5.62. The van der Waals surface area contributed by atoms with E-state index in [1.54, 1.807) is 0 Å². The van der Waals surface area contributed by atoms with Crippen molar-refractivity contribution in [3.63, 3.8) is 0 Å². The zero-order valence-electron chi connectivity index (χ0n) is 5.69. The smallest absolute Gasteiger partial charge is 0.356 e. The van der Waals surface area contributed by atoms with Gasteiger partial charge in [-0.15, -0.1) is 0 Å². The van der Waals surface area contributed by atoms with Crippen LogP contribution in [0.15, 0.2) is 12.4 Å². The molecule has 58 valence electrons. The van der Waals surface area contributed by atoms with Crippen LogP contribution < -0.4 is 5.73 Å². The monoisotopic (exact) mass is 153 g/mol. The fourth-order valence-corrected chi connectivity index (χ4v) is 0.608. The van der Waals surface area contributed by atoms with E-state index < -0.39 is 5.97 Å². The highest BCUT2D eigenvalue weighted by atomic mass is 16.4. The van der Waals surface area contributed by atoms with Crippen LogP contribution >= 0.6 is 0 Å². The van der Waals surface area contributed by atoms with Gasteiger partial charge in [0.05, 0.1) is 11.9 Å². The molecule has 0 radical (unpaired) electrons. The minimum absolute atomic E-state index is 0.0760. The second kappa shape index (κ2) is 3.07. The van der Waals surface area contributed by atoms with Gasteiger partial charge in [0.25, 0.3) is 0 Å². The van der Waals surface area contributed by atoms with Gasteiger partial charge in [-0.1, -0.05) is 0 Å². The molecule has 0 aromatic carbocycles. The molecule has 5 nitrogen and oxygen atoms in total. The van der Waals surface area contributed by atoms with Crippen LogP contribution in [-0.2, 0) is 6.54 Å². The Kier molecular flexibility index (Phi) is 2.12. The van der Waals surface area contributed by atoms with Crippen LogP contribution in [0, 0.1) is 0 Å². The van der Waals surface area contributed by atoms with Crippen molar-refractivity contribution in [2.24, 2.45) is 5.73 Å². The van der Waals surface area contributed by atoms with Gasteiger partial charge in [-0.2, -0.15) is 0 Å². The van der Waals surface area contributed by atoms with Gasteiger partial charge in [0.2, 0.25) is 0 Å². The zero-order chi connectivity index (χ0) is 8.27. The van der Waals surface area contributed by atoms with E-state index >= 15 is 0 Å². The maximum Gasteiger partial charge on any atom is 0.356 e. The van der Waals surface area contributed by atoms with Crippen molar-refractivity contribution in [2.75, 3.05) is 0 Å². The van der Waals surface area contributed by atoms with Crippen LogP contribution in [-0.4, -0.2) is 21.0 Å². The van der Waals surface area contributed by atoms with Crippen LogP contribution in [0.2, 0.25) is 0 Å². The van der Waals surface area contributed by atoms with E-state index in [0.717, 1.165) is 0 Å². The molecule has 0 atom stereocenters. The maximum atomic E-state index is 10.3. The van der Waals surface area contributed by atoms with Crippen LogP contribution in [0.5, 0.6) is 0 Å². The van der Waals surface area contributed by atoms with E-state index in [9.17, 15) is 4.79 Å². The minimum Gasteiger partial charge on any atom is -0.476 e. The zero-order valence-corrected chi connectivity index (χ0v) is 5.69. The molecular weight excluding hydrogens is 146 g/mol. The van der Waals surface area contributed by atoms with Gasteiger partial charge in [-0.05, 0) is 0 Å². The number of carboxylic acids is 1. The van der Waals surface area contributed by atoms with Crippen molar-refractivity contribution in [1.29, 1.82) is 0 Å². The Labute approximate surface area is 62.9 Å². The Morgan fingerprint density at radius 2 is 2.36 bits per heavy atom. The Hall–Kier alpha value is -1.49. The largest absolute Gasteiger partial charge is 0.476 e. The first-order valence-electron chi connectivity index (χ1n) is 2.98. The number of hydrogen-bond acceptors (Lipinski definition) is 4. The van der Waals surface area contributed by atoms with Crippen molar-refractivity contribution in [1.82, 2.24) is 9.97 Å². The summed E-state index contributed by atoms with van der Waals surface area (Å²) in [6.45, 7) is 0.202. The summed E-state index contributed by atoms with van der Waals surface area (Å²) in [4.78, 5) is 17.7. The van der Waals surface area contributed by atoms with E-state index in [0.29, 0.717) is 5.69 Å². The lowest BCUT2D eigenvalue weighted by Gasteiger charge is -1.95. The minimum atomic E-state index is -1.09. The normalized spacial score (nSPS) is 9.55. The molecule has 5 heteroatoms. The van der Waals surface area contributed by atoms with Crippen LogP contribution in [0.1, 0.15) is 16.2 Å². The molecule has 0 saturated carbocycles. The molecule has 0 fully saturated rings. The fraction of sp³-hybridized carbons (Fsp3) is 0.167. The van der Waals surface area contributed by atoms with E-state index in [4.69, 9.17) is 10.8 Å². The molecule has 0 bridgehead atoms. The molecular formula is C6H7N3O2. The molecule has 0 aliphatic rings. The molecule has 0 saturated heterocycles. The Bertz CT molecular complexity index is 274. The molecule has 3 N–H and O–H groups in total. The molecule has 0 spiro atoms. The van der Waals surface area contributed by atoms with Gasteiger partial charge in [-0.3, -0.25) is 4.98 Å². The predicted molar refractivity (Wildman–Crippen MR) is 36.9 cm³/mol. The fourth-order valence-electron chi connectivity index (χ4n) is 0.608. The third-order valence-corrected chi connectivity index (χ3v) is 1.11. The molecule has 0 amide bonds. The van der Waals surface area contributed by atoms with Gasteiger partial charge in [0.15, 0.2) is 5.69 Å². The summed E-state index contributed by atoms with van der Waals surface area (Å²) < 4.78 is 0. The van der Waals surface area contributed by atoms with Crippen molar-refractivity contribution in [3.05, 3.63) is 23.8 Å². The van der Waals surface area contributed by atoms with Gasteiger partial charge >= 0.3 is 5.97 Å². The lowest BCUT2D eigenvalue weighted by molar-refractivity contribution is 0.0689. The van der Waals surface area contributed by atoms with Crippen molar-refractivity contribution < 1.29 is 9.90 Å². The van der Waals surface area contributed by atoms with E-state index in [2.05, 4.69) is 9.97 Å². The van der Waals surface area contributed by atoms with Gasteiger partial charge < -0.3 is 10.8 Å². The molecule has 0 aliphatic carbocycles. The summed E-state index contributed by atoms with van der Waals surface area (Å²) in [6.07, 6.45) is 2.62. The van der Waals surface area contributed by atoms with Crippen LogP contribution in [0.3, 0.4) is 0 Å². The number of aromatic carboxylic acids is 1. The molecule has 0 aliphatic heterocycles. The van der Waals surface area contributed by atoms with Gasteiger partial charge in [0.1, 0.15) is 0 Å². The number of hydrogen-bond donors (Lipinski definition) is 2. The first-order valence-corrected chi connectivity index (χ1v) is 2.98. The van der Waals surface area contributed by atoms with Crippen molar-refractivity contribution in [3.8, 4) is 0 Å². The van der Waals surface area contributed by atoms with Gasteiger partial charge in [-0.25, -0.2) is 9.78 Å². The number of aromatic nitrogens is 2. The number of carbonyl (C=O) groups is 1. The van der Waals surface area contributed by atoms with Crippen LogP contribution in [0.25, 0.3) is 0 Å². The third-order valence-electron chi connectivity index (χ3n) is 1.11. The van der Waals surface area contributed by atoms with E-state index in [1.165, 1.54) is 12.4 Å². The average molecular weight is 153 g/mol. The second-order valence-corrected chi connectivity index (χ2v) is 1.90. The second-order valence-electron chi connectivity index (χ2n) is 1.90. The average Bonchev–Trinajstić information content (AvgIpc) is 2.05. The molecule has 1 aromatic heterocycles. The summed E-state index contributed by atoms with van der Waals surface area (Å²) in [7, 11) is 0. The lowest BCUT2D eigenvalue weighted by atomic mass is 10.4.